The molecule has 1 saturated carbocycles. The van der Waals surface area contributed by atoms with Crippen LogP contribution in [0, 0.1) is 5.92 Å². The molecule has 3 aliphatic rings. The summed E-state index contributed by atoms with van der Waals surface area (Å²) in [5.41, 5.74) is 0.126. The quantitative estimate of drug-likeness (QED) is 0.716. The maximum Gasteiger partial charge on any atom is 0.0971 e. The van der Waals surface area contributed by atoms with Gasteiger partial charge >= 0.3 is 0 Å². The molecule has 1 aliphatic carbocycles. The van der Waals surface area contributed by atoms with Crippen molar-refractivity contribution in [2.24, 2.45) is 5.92 Å². The average Bonchev–Trinajstić information content (AvgIpc) is 2.46. The van der Waals surface area contributed by atoms with Crippen LogP contribution in [-0.2, 0) is 9.47 Å². The normalized spacial score (nSPS) is 47.1. The van der Waals surface area contributed by atoms with Gasteiger partial charge in [-0.15, -0.1) is 0 Å². The molecule has 2 aliphatic heterocycles. The van der Waals surface area contributed by atoms with Gasteiger partial charge in [0.25, 0.3) is 0 Å². The molecular weight excluding hydrogens is 200 g/mol. The smallest absolute Gasteiger partial charge is 0.0971 e. The van der Waals surface area contributed by atoms with Crippen LogP contribution >= 0.6 is 0 Å². The fourth-order valence-corrected chi connectivity index (χ4v) is 3.92. The molecule has 2 heterocycles. The van der Waals surface area contributed by atoms with Gasteiger partial charge in [-0.25, -0.2) is 0 Å². The fourth-order valence-electron chi connectivity index (χ4n) is 3.92. The van der Waals surface area contributed by atoms with Crippen LogP contribution in [-0.4, -0.2) is 23.9 Å². The Hall–Kier alpha value is -0.0800. The number of fused-ring (bicyclic) bond motifs is 1. The highest BCUT2D eigenvalue weighted by Crippen LogP contribution is 2.49. The van der Waals surface area contributed by atoms with Crippen molar-refractivity contribution in [1.29, 1.82) is 0 Å². The monoisotopic (exact) mass is 224 g/mol. The Balaban J connectivity index is 1.71. The first-order chi connectivity index (χ1) is 7.68. The van der Waals surface area contributed by atoms with Gasteiger partial charge in [-0.2, -0.15) is 0 Å². The lowest BCUT2D eigenvalue weighted by molar-refractivity contribution is -0.169. The third-order valence-corrected chi connectivity index (χ3v) is 4.53. The molecule has 16 heavy (non-hydrogen) atoms. The van der Waals surface area contributed by atoms with E-state index in [0.717, 1.165) is 5.92 Å². The number of hydrogen-bond acceptors (Lipinski definition) is 2. The zero-order chi connectivity index (χ0) is 11.2. The first kappa shape index (κ1) is 11.0. The van der Waals surface area contributed by atoms with Crippen LogP contribution in [0.5, 0.6) is 0 Å². The van der Waals surface area contributed by atoms with E-state index in [1.54, 1.807) is 0 Å². The lowest BCUT2D eigenvalue weighted by Gasteiger charge is -2.43. The summed E-state index contributed by atoms with van der Waals surface area (Å²) in [6.45, 7) is 4.59. The number of ether oxygens (including phenoxy) is 2. The van der Waals surface area contributed by atoms with Gasteiger partial charge in [0, 0.05) is 6.42 Å². The van der Waals surface area contributed by atoms with E-state index >= 15 is 0 Å². The molecule has 4 atom stereocenters. The predicted octanol–water partition coefficient (Wildman–Crippen LogP) is 3.29. The summed E-state index contributed by atoms with van der Waals surface area (Å²) in [6.07, 6.45) is 10.1. The molecule has 0 aromatic heterocycles. The molecule has 0 aromatic rings. The molecule has 0 radical (unpaired) electrons. The summed E-state index contributed by atoms with van der Waals surface area (Å²) < 4.78 is 12.6. The van der Waals surface area contributed by atoms with Crippen molar-refractivity contribution in [3.63, 3.8) is 0 Å². The third kappa shape index (κ3) is 1.80. The van der Waals surface area contributed by atoms with Gasteiger partial charge in [0.05, 0.1) is 23.9 Å². The van der Waals surface area contributed by atoms with Gasteiger partial charge in [-0.3, -0.25) is 0 Å². The third-order valence-electron chi connectivity index (χ3n) is 4.53. The van der Waals surface area contributed by atoms with Gasteiger partial charge < -0.3 is 9.47 Å². The summed E-state index contributed by atoms with van der Waals surface area (Å²) >= 11 is 0. The van der Waals surface area contributed by atoms with Gasteiger partial charge in [0.15, 0.2) is 0 Å². The highest BCUT2D eigenvalue weighted by atomic mass is 16.6. The SMILES string of the molecule is CC(C)CC1CCC2OC3CCCC2(C3)O1. The Bertz CT molecular complexity index is 263. The molecule has 92 valence electrons. The molecule has 3 fully saturated rings. The number of rotatable bonds is 2. The van der Waals surface area contributed by atoms with Gasteiger partial charge in [-0.05, 0) is 44.4 Å². The first-order valence-corrected chi connectivity index (χ1v) is 7.01. The summed E-state index contributed by atoms with van der Waals surface area (Å²) in [5.74, 6) is 0.750. The highest BCUT2D eigenvalue weighted by molar-refractivity contribution is 5.03. The van der Waals surface area contributed by atoms with Crippen LogP contribution in [0.25, 0.3) is 0 Å². The van der Waals surface area contributed by atoms with Crippen LogP contribution < -0.4 is 0 Å². The summed E-state index contributed by atoms with van der Waals surface area (Å²) in [7, 11) is 0. The van der Waals surface area contributed by atoms with E-state index in [0.29, 0.717) is 18.3 Å². The second kappa shape index (κ2) is 3.99. The Labute approximate surface area is 98.7 Å². The van der Waals surface area contributed by atoms with Crippen molar-refractivity contribution in [2.75, 3.05) is 0 Å². The van der Waals surface area contributed by atoms with Crippen molar-refractivity contribution in [3.05, 3.63) is 0 Å². The van der Waals surface area contributed by atoms with Crippen molar-refractivity contribution in [1.82, 2.24) is 0 Å². The molecule has 2 bridgehead atoms. The van der Waals surface area contributed by atoms with Crippen molar-refractivity contribution in [2.45, 2.75) is 82.7 Å². The lowest BCUT2D eigenvalue weighted by atomic mass is 9.78. The first-order valence-electron chi connectivity index (χ1n) is 7.01. The fraction of sp³-hybridized carbons (Fsp3) is 1.00. The van der Waals surface area contributed by atoms with Crippen LogP contribution in [0.2, 0.25) is 0 Å². The second-order valence-corrected chi connectivity index (χ2v) is 6.35. The molecule has 0 aromatic carbocycles. The summed E-state index contributed by atoms with van der Waals surface area (Å²) in [6, 6.07) is 0. The Kier molecular flexibility index (Phi) is 2.75. The largest absolute Gasteiger partial charge is 0.372 e. The van der Waals surface area contributed by atoms with E-state index in [-0.39, 0.29) is 5.60 Å². The molecule has 0 N–H and O–H groups in total. The standard InChI is InChI=1S/C14H24O2/c1-10(2)8-11-5-6-13-14(16-11)7-3-4-12(9-14)15-13/h10-13H,3-9H2,1-2H3. The van der Waals surface area contributed by atoms with E-state index in [2.05, 4.69) is 13.8 Å². The van der Waals surface area contributed by atoms with Crippen LogP contribution in [0.4, 0.5) is 0 Å². The summed E-state index contributed by atoms with van der Waals surface area (Å²) in [5, 5.41) is 0. The van der Waals surface area contributed by atoms with Crippen molar-refractivity contribution >= 4 is 0 Å². The molecule has 2 nitrogen and oxygen atoms in total. The average molecular weight is 224 g/mol. The van der Waals surface area contributed by atoms with E-state index in [1.807, 2.05) is 0 Å². The zero-order valence-corrected chi connectivity index (χ0v) is 10.6. The van der Waals surface area contributed by atoms with Crippen LogP contribution in [0.3, 0.4) is 0 Å². The summed E-state index contributed by atoms with van der Waals surface area (Å²) in [4.78, 5) is 0. The molecule has 2 heteroatoms. The molecule has 1 spiro atoms. The molecule has 2 saturated heterocycles. The maximum atomic E-state index is 6.45. The van der Waals surface area contributed by atoms with E-state index < -0.39 is 0 Å². The highest BCUT2D eigenvalue weighted by Gasteiger charge is 2.54. The molecule has 0 amide bonds. The van der Waals surface area contributed by atoms with Crippen LogP contribution in [0.1, 0.15) is 58.8 Å². The zero-order valence-electron chi connectivity index (χ0n) is 10.6. The number of hydrogen-bond donors (Lipinski definition) is 0. The molecule has 3 rings (SSSR count). The van der Waals surface area contributed by atoms with E-state index in [1.165, 1.54) is 44.9 Å². The Morgan fingerprint density at radius 3 is 2.94 bits per heavy atom. The van der Waals surface area contributed by atoms with Crippen LogP contribution in [0.15, 0.2) is 0 Å². The second-order valence-electron chi connectivity index (χ2n) is 6.35. The van der Waals surface area contributed by atoms with Gasteiger partial charge in [0.2, 0.25) is 0 Å². The maximum absolute atomic E-state index is 6.45. The molecular formula is C14H24O2. The predicted molar refractivity (Wildman–Crippen MR) is 63.4 cm³/mol. The minimum Gasteiger partial charge on any atom is -0.372 e. The topological polar surface area (TPSA) is 18.5 Å². The lowest BCUT2D eigenvalue weighted by Crippen LogP contribution is -2.49. The van der Waals surface area contributed by atoms with Crippen molar-refractivity contribution < 1.29 is 9.47 Å². The minimum absolute atomic E-state index is 0.126. The molecule has 4 unspecified atom stereocenters. The van der Waals surface area contributed by atoms with Crippen molar-refractivity contribution in [3.8, 4) is 0 Å². The van der Waals surface area contributed by atoms with Gasteiger partial charge in [0.1, 0.15) is 0 Å². The Morgan fingerprint density at radius 1 is 1.25 bits per heavy atom. The Morgan fingerprint density at radius 2 is 2.12 bits per heavy atom. The van der Waals surface area contributed by atoms with Gasteiger partial charge in [-0.1, -0.05) is 13.8 Å². The minimum atomic E-state index is 0.126. The van der Waals surface area contributed by atoms with E-state index in [9.17, 15) is 0 Å². The van der Waals surface area contributed by atoms with E-state index in [4.69, 9.17) is 9.47 Å².